The zero-order valence-corrected chi connectivity index (χ0v) is 23.2. The van der Waals surface area contributed by atoms with Crippen molar-refractivity contribution < 1.29 is 27.4 Å². The average molecular weight is 543 g/mol. The van der Waals surface area contributed by atoms with Crippen LogP contribution in [0.5, 0.6) is 11.5 Å². The molecule has 0 saturated carbocycles. The number of para-hydroxylation sites is 1. The third kappa shape index (κ3) is 5.93. The van der Waals surface area contributed by atoms with Gasteiger partial charge in [-0.15, -0.1) is 10.2 Å². The normalized spacial score (nSPS) is 16.2. The molecule has 1 fully saturated rings. The number of hydrogen-bond donors (Lipinski definition) is 0. The molecule has 0 spiro atoms. The molecular formula is C27H34N4O6S. The first-order valence-corrected chi connectivity index (χ1v) is 14.2. The fourth-order valence-corrected chi connectivity index (χ4v) is 6.21. The second kappa shape index (κ2) is 11.0. The molecule has 0 radical (unpaired) electrons. The lowest BCUT2D eigenvalue weighted by Crippen LogP contribution is -2.47. The van der Waals surface area contributed by atoms with Crippen LogP contribution in [0.2, 0.25) is 0 Å². The fourth-order valence-electron chi connectivity index (χ4n) is 4.49. The zero-order chi connectivity index (χ0) is 27.5. The van der Waals surface area contributed by atoms with Crippen LogP contribution < -0.4 is 9.47 Å². The van der Waals surface area contributed by atoms with Crippen molar-refractivity contribution in [1.82, 2.24) is 19.7 Å². The molecule has 204 valence electrons. The molecule has 2 aromatic carbocycles. The quantitative estimate of drug-likeness (QED) is 0.435. The Kier molecular flexibility index (Phi) is 7.96. The van der Waals surface area contributed by atoms with Gasteiger partial charge in [-0.3, -0.25) is 4.57 Å². The Morgan fingerprint density at radius 2 is 1.66 bits per heavy atom. The number of sulfone groups is 1. The second-order valence-corrected chi connectivity index (χ2v) is 12.4. The van der Waals surface area contributed by atoms with Crippen LogP contribution in [0.3, 0.4) is 0 Å². The van der Waals surface area contributed by atoms with Crippen LogP contribution in [0.4, 0.5) is 4.79 Å². The maximum absolute atomic E-state index is 13.7. The van der Waals surface area contributed by atoms with Crippen molar-refractivity contribution in [1.29, 1.82) is 0 Å². The lowest BCUT2D eigenvalue weighted by atomic mass is 10.1. The first kappa shape index (κ1) is 27.4. The molecule has 11 heteroatoms. The molecule has 38 heavy (non-hydrogen) atoms. The molecule has 1 aliphatic heterocycles. The number of benzene rings is 2. The van der Waals surface area contributed by atoms with E-state index in [0.29, 0.717) is 42.4 Å². The van der Waals surface area contributed by atoms with Crippen molar-refractivity contribution in [3.05, 3.63) is 54.4 Å². The molecule has 1 atom stereocenters. The summed E-state index contributed by atoms with van der Waals surface area (Å²) in [6, 6.07) is 14.7. The van der Waals surface area contributed by atoms with Crippen LogP contribution >= 0.6 is 0 Å². The monoisotopic (exact) mass is 542 g/mol. The van der Waals surface area contributed by atoms with Gasteiger partial charge in [0, 0.05) is 18.7 Å². The minimum absolute atomic E-state index is 0.0644. The van der Waals surface area contributed by atoms with Gasteiger partial charge in [0.15, 0.2) is 21.5 Å². The maximum atomic E-state index is 13.7. The number of ether oxygens (including phenoxy) is 3. The number of piperidine rings is 1. The largest absolute Gasteiger partial charge is 0.494 e. The predicted molar refractivity (Wildman–Crippen MR) is 143 cm³/mol. The molecular weight excluding hydrogens is 508 g/mol. The van der Waals surface area contributed by atoms with Gasteiger partial charge in [-0.2, -0.15) is 0 Å². The summed E-state index contributed by atoms with van der Waals surface area (Å²) in [4.78, 5) is 14.1. The van der Waals surface area contributed by atoms with Gasteiger partial charge in [0.2, 0.25) is 0 Å². The number of carbonyl (C=O) groups excluding carboxylic acids is 1. The Morgan fingerprint density at radius 3 is 2.26 bits per heavy atom. The number of carbonyl (C=O) groups is 1. The van der Waals surface area contributed by atoms with Crippen molar-refractivity contribution in [2.45, 2.75) is 50.2 Å². The summed E-state index contributed by atoms with van der Waals surface area (Å²) in [7, 11) is -0.667. The van der Waals surface area contributed by atoms with Gasteiger partial charge in [-0.25, -0.2) is 13.2 Å². The molecule has 2 heterocycles. The molecule has 1 aliphatic rings. The highest BCUT2D eigenvalue weighted by molar-refractivity contribution is 7.91. The Bertz CT molecular complexity index is 1360. The minimum Gasteiger partial charge on any atom is -0.494 e. The number of likely N-dealkylation sites (tertiary alicyclic amines) is 1. The van der Waals surface area contributed by atoms with E-state index in [2.05, 4.69) is 10.2 Å². The van der Waals surface area contributed by atoms with Crippen molar-refractivity contribution in [3.63, 3.8) is 0 Å². The summed E-state index contributed by atoms with van der Waals surface area (Å²) < 4.78 is 45.8. The maximum Gasteiger partial charge on any atom is 0.410 e. The van der Waals surface area contributed by atoms with Crippen LogP contribution in [-0.2, 0) is 20.3 Å². The first-order valence-electron chi connectivity index (χ1n) is 12.4. The summed E-state index contributed by atoms with van der Waals surface area (Å²) in [5.74, 6) is 1.27. The molecule has 1 saturated heterocycles. The van der Waals surface area contributed by atoms with Crippen molar-refractivity contribution >= 4 is 15.9 Å². The lowest BCUT2D eigenvalue weighted by molar-refractivity contribution is 0.0219. The topological polar surface area (TPSA) is 113 Å². The van der Waals surface area contributed by atoms with Gasteiger partial charge in [-0.05, 0) is 45.7 Å². The van der Waals surface area contributed by atoms with Gasteiger partial charge in [0.05, 0.1) is 19.5 Å². The van der Waals surface area contributed by atoms with E-state index in [1.54, 1.807) is 43.5 Å². The van der Waals surface area contributed by atoms with Crippen LogP contribution in [0.25, 0.3) is 17.1 Å². The summed E-state index contributed by atoms with van der Waals surface area (Å²) >= 11 is 0. The van der Waals surface area contributed by atoms with Gasteiger partial charge < -0.3 is 19.1 Å². The fraction of sp³-hybridized carbons (Fsp3) is 0.444. The third-order valence-corrected chi connectivity index (χ3v) is 8.32. The first-order chi connectivity index (χ1) is 18.0. The number of hydrogen-bond acceptors (Lipinski definition) is 8. The van der Waals surface area contributed by atoms with E-state index in [1.807, 2.05) is 30.3 Å². The second-order valence-electron chi connectivity index (χ2n) is 10.2. The Morgan fingerprint density at radius 1 is 1.00 bits per heavy atom. The van der Waals surface area contributed by atoms with E-state index < -0.39 is 26.8 Å². The molecule has 0 unspecified atom stereocenters. The van der Waals surface area contributed by atoms with E-state index in [4.69, 9.17) is 14.2 Å². The molecule has 10 nitrogen and oxygen atoms in total. The summed E-state index contributed by atoms with van der Waals surface area (Å²) in [6.45, 7) is 5.87. The van der Waals surface area contributed by atoms with Gasteiger partial charge >= 0.3 is 6.09 Å². The average Bonchev–Trinajstić information content (AvgIpc) is 3.29. The van der Waals surface area contributed by atoms with E-state index >= 15 is 0 Å². The van der Waals surface area contributed by atoms with Crippen LogP contribution in [-0.4, -0.2) is 72.3 Å². The smallest absolute Gasteiger partial charge is 0.410 e. The summed E-state index contributed by atoms with van der Waals surface area (Å²) in [5, 5.41) is 7.94. The molecule has 3 aromatic rings. The van der Waals surface area contributed by atoms with Crippen LogP contribution in [0, 0.1) is 0 Å². The number of amides is 1. The summed E-state index contributed by atoms with van der Waals surface area (Å²) in [5.41, 5.74) is 0.594. The minimum atomic E-state index is -3.74. The Balaban J connectivity index is 1.73. The highest BCUT2D eigenvalue weighted by atomic mass is 32.2. The molecule has 0 N–H and O–H groups in total. The molecule has 1 amide bonds. The number of rotatable bonds is 7. The zero-order valence-electron chi connectivity index (χ0n) is 22.4. The molecule has 4 rings (SSSR count). The van der Waals surface area contributed by atoms with Gasteiger partial charge in [-0.1, -0.05) is 36.4 Å². The predicted octanol–water partition coefficient (Wildman–Crippen LogP) is 4.27. The number of nitrogens with zero attached hydrogens (tertiary/aromatic N) is 4. The van der Waals surface area contributed by atoms with Gasteiger partial charge in [0.1, 0.15) is 28.5 Å². The third-order valence-electron chi connectivity index (χ3n) is 6.26. The van der Waals surface area contributed by atoms with E-state index in [0.717, 1.165) is 5.56 Å². The van der Waals surface area contributed by atoms with Crippen molar-refractivity contribution in [2.75, 3.05) is 27.3 Å². The molecule has 0 aliphatic carbocycles. The van der Waals surface area contributed by atoms with Crippen LogP contribution in [0.1, 0.15) is 39.4 Å². The van der Waals surface area contributed by atoms with Crippen molar-refractivity contribution in [3.8, 4) is 28.6 Å². The summed E-state index contributed by atoms with van der Waals surface area (Å²) in [6.07, 6.45) is 0.496. The van der Waals surface area contributed by atoms with Gasteiger partial charge in [0.25, 0.3) is 0 Å². The molecule has 0 bridgehead atoms. The van der Waals surface area contributed by atoms with E-state index in [-0.39, 0.29) is 18.1 Å². The number of aromatic nitrogens is 3. The highest BCUT2D eigenvalue weighted by Crippen LogP contribution is 2.37. The SMILES string of the molecule is COc1cccc(OC)c1-n1c(CS(=O)(=O)[C@@H]2CCCN(C(=O)OC(C)(C)C)C2)nnc1-c1ccccc1. The standard InChI is InChI=1S/C27H34N4O6S/c1-27(2,3)37-26(32)30-16-10-13-20(17-30)38(33,34)18-23-28-29-25(19-11-7-6-8-12-19)31(23)24-21(35-4)14-9-15-22(24)36-5/h6-9,11-12,14-15,20H,10,13,16-18H2,1-5H3/t20-/m1/s1. The Hall–Kier alpha value is -3.60. The molecule has 1 aromatic heterocycles. The Labute approximate surface area is 223 Å². The lowest BCUT2D eigenvalue weighted by Gasteiger charge is -2.33. The van der Waals surface area contributed by atoms with E-state index in [1.165, 1.54) is 19.1 Å². The van der Waals surface area contributed by atoms with Crippen LogP contribution in [0.15, 0.2) is 48.5 Å². The number of methoxy groups -OCH3 is 2. The highest BCUT2D eigenvalue weighted by Gasteiger charge is 2.36. The van der Waals surface area contributed by atoms with Crippen molar-refractivity contribution in [2.24, 2.45) is 0 Å². The van der Waals surface area contributed by atoms with E-state index in [9.17, 15) is 13.2 Å².